The number of para-hydroxylation sites is 1. The molecule has 3 aromatic rings. The molecule has 3 rings (SSSR count). The maximum atomic E-state index is 12.4. The number of hydrogen-bond acceptors (Lipinski definition) is 4. The Morgan fingerprint density at radius 2 is 2.19 bits per heavy atom. The molecule has 0 bridgehead atoms. The number of nitrogens with two attached hydrogens (primary N) is 1. The molecular formula is C16H13N3OS. The van der Waals surface area contributed by atoms with E-state index < -0.39 is 0 Å². The third-order valence-electron chi connectivity index (χ3n) is 3.05. The Morgan fingerprint density at radius 1 is 1.33 bits per heavy atom. The van der Waals surface area contributed by atoms with Gasteiger partial charge in [-0.15, -0.1) is 11.3 Å². The van der Waals surface area contributed by atoms with Gasteiger partial charge in [-0.2, -0.15) is 0 Å². The molecule has 2 aromatic heterocycles. The molecule has 0 unspecified atom stereocenters. The lowest BCUT2D eigenvalue weighted by molar-refractivity contribution is 0.758. The molecule has 0 aliphatic carbocycles. The molecule has 104 valence electrons. The van der Waals surface area contributed by atoms with E-state index in [1.807, 2.05) is 29.6 Å². The van der Waals surface area contributed by atoms with Crippen molar-refractivity contribution in [2.75, 3.05) is 6.54 Å². The Bertz CT molecular complexity index is 899. The van der Waals surface area contributed by atoms with E-state index in [1.165, 1.54) is 0 Å². The maximum Gasteiger partial charge on any atom is 0.261 e. The number of nitrogens with zero attached hydrogens (tertiary/aromatic N) is 2. The number of rotatable bonds is 2. The second-order valence-corrected chi connectivity index (χ2v) is 5.50. The predicted molar refractivity (Wildman–Crippen MR) is 85.4 cm³/mol. The van der Waals surface area contributed by atoms with Gasteiger partial charge < -0.3 is 5.73 Å². The zero-order valence-electron chi connectivity index (χ0n) is 11.2. The van der Waals surface area contributed by atoms with Gasteiger partial charge in [0.1, 0.15) is 0 Å². The molecule has 1 aromatic carbocycles. The van der Waals surface area contributed by atoms with Crippen molar-refractivity contribution >= 4 is 22.2 Å². The van der Waals surface area contributed by atoms with E-state index in [4.69, 9.17) is 5.73 Å². The van der Waals surface area contributed by atoms with E-state index in [-0.39, 0.29) is 5.56 Å². The van der Waals surface area contributed by atoms with Gasteiger partial charge in [0.25, 0.3) is 5.56 Å². The fourth-order valence-corrected chi connectivity index (χ4v) is 2.88. The third-order valence-corrected chi connectivity index (χ3v) is 3.97. The first kappa shape index (κ1) is 13.6. The van der Waals surface area contributed by atoms with Gasteiger partial charge in [0.05, 0.1) is 30.3 Å². The fourth-order valence-electron chi connectivity index (χ4n) is 2.07. The average Bonchev–Trinajstić information content (AvgIpc) is 2.96. The zero-order valence-corrected chi connectivity index (χ0v) is 12.1. The molecule has 0 saturated carbocycles. The van der Waals surface area contributed by atoms with E-state index in [0.29, 0.717) is 18.5 Å². The first-order chi connectivity index (χ1) is 10.3. The third kappa shape index (κ3) is 2.87. The number of fused-ring (bicyclic) bond motifs is 1. The van der Waals surface area contributed by atoms with Crippen LogP contribution in [0.3, 0.4) is 0 Å². The van der Waals surface area contributed by atoms with Crippen LogP contribution < -0.4 is 11.3 Å². The van der Waals surface area contributed by atoms with Gasteiger partial charge in [0.2, 0.25) is 0 Å². The van der Waals surface area contributed by atoms with Crippen LogP contribution in [0.2, 0.25) is 0 Å². The summed E-state index contributed by atoms with van der Waals surface area (Å²) in [6.07, 6.45) is 1.59. The molecule has 0 aliphatic rings. The Hall–Kier alpha value is -2.42. The highest BCUT2D eigenvalue weighted by Crippen LogP contribution is 2.15. The Labute approximate surface area is 125 Å². The van der Waals surface area contributed by atoms with Crippen LogP contribution in [0.4, 0.5) is 0 Å². The predicted octanol–water partition coefficient (Wildman–Crippen LogP) is 1.82. The molecule has 21 heavy (non-hydrogen) atoms. The Balaban J connectivity index is 1.93. The van der Waals surface area contributed by atoms with Crippen LogP contribution in [0.25, 0.3) is 10.9 Å². The lowest BCUT2D eigenvalue weighted by atomic mass is 10.2. The fraction of sp³-hybridized carbons (Fsp3) is 0.125. The summed E-state index contributed by atoms with van der Waals surface area (Å²) in [6, 6.07) is 9.34. The largest absolute Gasteiger partial charge is 0.320 e. The van der Waals surface area contributed by atoms with Crippen LogP contribution >= 0.6 is 11.3 Å². The highest BCUT2D eigenvalue weighted by molar-refractivity contribution is 7.10. The quantitative estimate of drug-likeness (QED) is 0.734. The van der Waals surface area contributed by atoms with Crippen LogP contribution in [0.1, 0.15) is 10.4 Å². The van der Waals surface area contributed by atoms with Gasteiger partial charge in [-0.25, -0.2) is 4.98 Å². The minimum Gasteiger partial charge on any atom is -0.320 e. The van der Waals surface area contributed by atoms with E-state index in [9.17, 15) is 4.79 Å². The summed E-state index contributed by atoms with van der Waals surface area (Å²) in [6.45, 7) is 0.852. The zero-order chi connectivity index (χ0) is 14.7. The van der Waals surface area contributed by atoms with Crippen LogP contribution in [0, 0.1) is 11.8 Å². The lowest BCUT2D eigenvalue weighted by Gasteiger charge is -2.04. The highest BCUT2D eigenvalue weighted by Gasteiger charge is 2.05. The molecule has 0 amide bonds. The molecule has 2 N–H and O–H groups in total. The average molecular weight is 295 g/mol. The summed E-state index contributed by atoms with van der Waals surface area (Å²) in [7, 11) is 0. The summed E-state index contributed by atoms with van der Waals surface area (Å²) >= 11 is 1.58. The number of thiophene rings is 1. The van der Waals surface area contributed by atoms with Crippen molar-refractivity contribution in [3.8, 4) is 11.8 Å². The molecule has 0 spiro atoms. The molecular weight excluding hydrogens is 282 g/mol. The van der Waals surface area contributed by atoms with Gasteiger partial charge in [0, 0.05) is 15.8 Å². The molecule has 0 radical (unpaired) electrons. The number of benzene rings is 1. The van der Waals surface area contributed by atoms with Crippen molar-refractivity contribution < 1.29 is 0 Å². The van der Waals surface area contributed by atoms with Gasteiger partial charge in [-0.1, -0.05) is 24.0 Å². The number of hydrogen-bond donors (Lipinski definition) is 1. The molecule has 5 heteroatoms. The van der Waals surface area contributed by atoms with Gasteiger partial charge in [-0.05, 0) is 18.2 Å². The second kappa shape index (κ2) is 5.92. The highest BCUT2D eigenvalue weighted by atomic mass is 32.1. The van der Waals surface area contributed by atoms with Crippen LogP contribution in [0.15, 0.2) is 46.8 Å². The summed E-state index contributed by atoms with van der Waals surface area (Å²) < 4.78 is 1.62. The SMILES string of the molecule is NCC#Cc1csc(Cn2cnc3ccccc3c2=O)c1. The minimum absolute atomic E-state index is 0.0245. The maximum absolute atomic E-state index is 12.4. The van der Waals surface area contributed by atoms with Gasteiger partial charge in [-0.3, -0.25) is 9.36 Å². The minimum atomic E-state index is -0.0245. The van der Waals surface area contributed by atoms with Crippen LogP contribution in [-0.4, -0.2) is 16.1 Å². The van der Waals surface area contributed by atoms with Gasteiger partial charge in [0.15, 0.2) is 0 Å². The van der Waals surface area contributed by atoms with E-state index in [0.717, 1.165) is 16.0 Å². The van der Waals surface area contributed by atoms with Crippen molar-refractivity contribution in [3.05, 3.63) is 62.8 Å². The van der Waals surface area contributed by atoms with Crippen molar-refractivity contribution in [2.24, 2.45) is 5.73 Å². The topological polar surface area (TPSA) is 60.9 Å². The summed E-state index contributed by atoms with van der Waals surface area (Å²) in [4.78, 5) is 17.8. The molecule has 0 saturated heterocycles. The van der Waals surface area contributed by atoms with E-state index in [1.54, 1.807) is 28.3 Å². The van der Waals surface area contributed by atoms with E-state index in [2.05, 4.69) is 16.8 Å². The van der Waals surface area contributed by atoms with Crippen molar-refractivity contribution in [1.29, 1.82) is 0 Å². The number of aromatic nitrogens is 2. The van der Waals surface area contributed by atoms with Crippen LogP contribution in [0.5, 0.6) is 0 Å². The van der Waals surface area contributed by atoms with Crippen molar-refractivity contribution in [3.63, 3.8) is 0 Å². The first-order valence-corrected chi connectivity index (χ1v) is 7.36. The molecule has 0 aliphatic heterocycles. The van der Waals surface area contributed by atoms with Gasteiger partial charge >= 0.3 is 0 Å². The van der Waals surface area contributed by atoms with Crippen molar-refractivity contribution in [1.82, 2.24) is 9.55 Å². The van der Waals surface area contributed by atoms with Crippen molar-refractivity contribution in [2.45, 2.75) is 6.54 Å². The summed E-state index contributed by atoms with van der Waals surface area (Å²) in [5.74, 6) is 5.81. The Kier molecular flexibility index (Phi) is 3.82. The first-order valence-electron chi connectivity index (χ1n) is 6.48. The molecule has 4 nitrogen and oxygen atoms in total. The lowest BCUT2D eigenvalue weighted by Crippen LogP contribution is -2.20. The summed E-state index contributed by atoms with van der Waals surface area (Å²) in [5.41, 5.74) is 6.99. The standard InChI is InChI=1S/C16H13N3OS/c17-7-3-4-12-8-13(21-10-12)9-19-11-18-15-6-2-1-5-14(15)16(19)20/h1-2,5-6,8,10-11H,7,9,17H2. The molecule has 0 atom stereocenters. The van der Waals surface area contributed by atoms with Crippen LogP contribution in [-0.2, 0) is 6.54 Å². The summed E-state index contributed by atoms with van der Waals surface area (Å²) in [5, 5.41) is 2.61. The molecule has 2 heterocycles. The second-order valence-electron chi connectivity index (χ2n) is 4.50. The normalized spacial score (nSPS) is 10.3. The monoisotopic (exact) mass is 295 g/mol. The smallest absolute Gasteiger partial charge is 0.261 e. The Morgan fingerprint density at radius 3 is 3.05 bits per heavy atom. The van der Waals surface area contributed by atoms with E-state index >= 15 is 0 Å². The molecule has 0 fully saturated rings.